The number of nitrogens with zero attached hydrogens (tertiary/aromatic N) is 2. The summed E-state index contributed by atoms with van der Waals surface area (Å²) < 4.78 is 11.4. The molecule has 10 heteroatoms. The van der Waals surface area contributed by atoms with E-state index in [2.05, 4.69) is 5.32 Å². The molecule has 1 aliphatic rings. The molecule has 3 aromatic rings. The van der Waals surface area contributed by atoms with Gasteiger partial charge in [0.25, 0.3) is 0 Å². The van der Waals surface area contributed by atoms with Crippen molar-refractivity contribution in [3.05, 3.63) is 34.7 Å². The lowest BCUT2D eigenvalue weighted by Crippen LogP contribution is -2.39. The smallest absolute Gasteiger partial charge is 0.410 e. The Hall–Kier alpha value is -2.98. The summed E-state index contributed by atoms with van der Waals surface area (Å²) >= 11 is 2.87. The number of benzene rings is 1. The Bertz CT molecular complexity index is 1190. The Morgan fingerprint density at radius 3 is 2.64 bits per heavy atom. The monoisotopic (exact) mass is 487 g/mol. The number of amides is 2. The zero-order valence-corrected chi connectivity index (χ0v) is 20.5. The molecule has 0 saturated heterocycles. The third kappa shape index (κ3) is 5.01. The number of ether oxygens (including phenoxy) is 2. The second-order valence-corrected chi connectivity index (χ2v) is 10.7. The van der Waals surface area contributed by atoms with Gasteiger partial charge in [-0.1, -0.05) is 12.1 Å². The Morgan fingerprint density at radius 1 is 1.18 bits per heavy atom. The molecule has 0 unspecified atom stereocenters. The largest absolute Gasteiger partial charge is 0.459 e. The lowest BCUT2D eigenvalue weighted by atomic mass is 10.0. The van der Waals surface area contributed by atoms with Crippen molar-refractivity contribution in [3.63, 3.8) is 0 Å². The molecule has 0 saturated carbocycles. The van der Waals surface area contributed by atoms with Crippen molar-refractivity contribution in [1.29, 1.82) is 0 Å². The first-order valence-electron chi connectivity index (χ1n) is 10.6. The molecular formula is C23H25N3O5S2. The summed E-state index contributed by atoms with van der Waals surface area (Å²) in [7, 11) is 0. The quantitative estimate of drug-likeness (QED) is 0.420. The Kier molecular flexibility index (Phi) is 6.40. The summed E-state index contributed by atoms with van der Waals surface area (Å²) in [4.78, 5) is 44.3. The molecule has 0 fully saturated rings. The highest BCUT2D eigenvalue weighted by Gasteiger charge is 2.32. The molecule has 8 nitrogen and oxygen atoms in total. The average molecular weight is 488 g/mol. The van der Waals surface area contributed by atoms with Crippen LogP contribution in [0.2, 0.25) is 0 Å². The zero-order valence-electron chi connectivity index (χ0n) is 18.9. The number of thiophene rings is 1. The summed E-state index contributed by atoms with van der Waals surface area (Å²) in [5, 5.41) is 4.01. The van der Waals surface area contributed by atoms with E-state index >= 15 is 0 Å². The van der Waals surface area contributed by atoms with Crippen LogP contribution in [0.4, 0.5) is 9.80 Å². The van der Waals surface area contributed by atoms with Crippen molar-refractivity contribution in [2.24, 2.45) is 0 Å². The van der Waals surface area contributed by atoms with Gasteiger partial charge in [-0.2, -0.15) is 0 Å². The fourth-order valence-corrected chi connectivity index (χ4v) is 5.90. The van der Waals surface area contributed by atoms with Crippen molar-refractivity contribution < 1.29 is 23.9 Å². The summed E-state index contributed by atoms with van der Waals surface area (Å²) in [5.41, 5.74) is 2.11. The van der Waals surface area contributed by atoms with Crippen LogP contribution in [-0.4, -0.2) is 46.6 Å². The van der Waals surface area contributed by atoms with Crippen LogP contribution in [0.15, 0.2) is 24.3 Å². The number of esters is 1. The standard InChI is InChI=1S/C23H25N3O5S2/c1-5-30-21(28)18(27)25-20-17(19-24-14-8-6-7-9-15(14)32-19)13-10-11-26(12-16(13)33-20)22(29)31-23(2,3)4/h6-9H,5,10-12H2,1-4H3,(H,25,27). The number of para-hydroxylation sites is 1. The van der Waals surface area contributed by atoms with Crippen LogP contribution in [0.1, 0.15) is 38.1 Å². The van der Waals surface area contributed by atoms with E-state index in [-0.39, 0.29) is 12.7 Å². The van der Waals surface area contributed by atoms with Crippen molar-refractivity contribution in [2.75, 3.05) is 18.5 Å². The number of hydrogen-bond donors (Lipinski definition) is 1. The molecule has 0 bridgehead atoms. The number of rotatable bonds is 3. The van der Waals surface area contributed by atoms with E-state index in [1.165, 1.54) is 22.7 Å². The highest BCUT2D eigenvalue weighted by molar-refractivity contribution is 7.23. The zero-order chi connectivity index (χ0) is 23.8. The average Bonchev–Trinajstić information content (AvgIpc) is 3.32. The predicted molar refractivity (Wildman–Crippen MR) is 129 cm³/mol. The van der Waals surface area contributed by atoms with E-state index in [9.17, 15) is 14.4 Å². The molecule has 1 N–H and O–H groups in total. The van der Waals surface area contributed by atoms with Crippen LogP contribution < -0.4 is 5.32 Å². The number of thiazole rings is 1. The van der Waals surface area contributed by atoms with Gasteiger partial charge < -0.3 is 19.7 Å². The van der Waals surface area contributed by atoms with E-state index in [4.69, 9.17) is 14.5 Å². The van der Waals surface area contributed by atoms with Crippen LogP contribution in [0.5, 0.6) is 0 Å². The molecular weight excluding hydrogens is 462 g/mol. The first-order chi connectivity index (χ1) is 15.7. The summed E-state index contributed by atoms with van der Waals surface area (Å²) in [6.45, 7) is 8.11. The van der Waals surface area contributed by atoms with Crippen LogP contribution in [-0.2, 0) is 32.0 Å². The van der Waals surface area contributed by atoms with Gasteiger partial charge in [0, 0.05) is 17.0 Å². The highest BCUT2D eigenvalue weighted by Crippen LogP contribution is 2.45. The molecule has 4 rings (SSSR count). The van der Waals surface area contributed by atoms with Gasteiger partial charge in [0.05, 0.1) is 23.4 Å². The predicted octanol–water partition coefficient (Wildman–Crippen LogP) is 4.82. The molecule has 2 aromatic heterocycles. The number of hydrogen-bond acceptors (Lipinski definition) is 8. The van der Waals surface area contributed by atoms with Gasteiger partial charge in [-0.15, -0.1) is 22.7 Å². The number of fused-ring (bicyclic) bond motifs is 2. The highest BCUT2D eigenvalue weighted by atomic mass is 32.1. The van der Waals surface area contributed by atoms with E-state index in [1.807, 2.05) is 45.0 Å². The maximum absolute atomic E-state index is 12.6. The maximum atomic E-state index is 12.6. The molecule has 0 aliphatic carbocycles. The Balaban J connectivity index is 1.71. The molecule has 174 valence electrons. The number of aromatic nitrogens is 1. The van der Waals surface area contributed by atoms with E-state index in [0.29, 0.717) is 24.5 Å². The van der Waals surface area contributed by atoms with Gasteiger partial charge >= 0.3 is 18.0 Å². The number of nitrogens with one attached hydrogen (secondary N) is 1. The van der Waals surface area contributed by atoms with Crippen molar-refractivity contribution in [2.45, 2.75) is 46.3 Å². The molecule has 2 amide bonds. The van der Waals surface area contributed by atoms with Gasteiger partial charge in [-0.3, -0.25) is 4.79 Å². The van der Waals surface area contributed by atoms with Crippen LogP contribution in [0.3, 0.4) is 0 Å². The van der Waals surface area contributed by atoms with Crippen LogP contribution in [0.25, 0.3) is 20.8 Å². The number of carbonyl (C=O) groups excluding carboxylic acids is 3. The maximum Gasteiger partial charge on any atom is 0.410 e. The SMILES string of the molecule is CCOC(=O)C(=O)Nc1sc2c(c1-c1nc3ccccc3s1)CCN(C(=O)OC(C)(C)C)C2. The first-order valence-corrected chi connectivity index (χ1v) is 12.3. The lowest BCUT2D eigenvalue weighted by molar-refractivity contribution is -0.152. The third-order valence-electron chi connectivity index (χ3n) is 4.90. The topological polar surface area (TPSA) is 97.8 Å². The second kappa shape index (κ2) is 9.11. The molecule has 0 atom stereocenters. The minimum Gasteiger partial charge on any atom is -0.459 e. The summed E-state index contributed by atoms with van der Waals surface area (Å²) in [6, 6.07) is 7.82. The fraction of sp³-hybridized carbons (Fsp3) is 0.391. The van der Waals surface area contributed by atoms with Gasteiger partial charge in [-0.05, 0) is 51.8 Å². The molecule has 33 heavy (non-hydrogen) atoms. The van der Waals surface area contributed by atoms with Crippen molar-refractivity contribution in [3.8, 4) is 10.6 Å². The molecule has 0 radical (unpaired) electrons. The Morgan fingerprint density at radius 2 is 1.94 bits per heavy atom. The Labute approximate surface area is 199 Å². The van der Waals surface area contributed by atoms with Gasteiger partial charge in [0.15, 0.2) is 0 Å². The second-order valence-electron chi connectivity index (χ2n) is 8.52. The summed E-state index contributed by atoms with van der Waals surface area (Å²) in [6.07, 6.45) is 0.214. The van der Waals surface area contributed by atoms with E-state index < -0.39 is 17.5 Å². The van der Waals surface area contributed by atoms with Gasteiger partial charge in [0.1, 0.15) is 15.6 Å². The van der Waals surface area contributed by atoms with E-state index in [0.717, 1.165) is 31.2 Å². The normalized spacial score (nSPS) is 13.5. The lowest BCUT2D eigenvalue weighted by Gasteiger charge is -2.30. The van der Waals surface area contributed by atoms with Gasteiger partial charge in [-0.25, -0.2) is 14.6 Å². The number of carbonyl (C=O) groups is 3. The summed E-state index contributed by atoms with van der Waals surface area (Å²) in [5.74, 6) is -1.77. The van der Waals surface area contributed by atoms with Crippen LogP contribution in [0, 0.1) is 0 Å². The van der Waals surface area contributed by atoms with Gasteiger partial charge in [0.2, 0.25) is 0 Å². The van der Waals surface area contributed by atoms with Crippen molar-refractivity contribution >= 4 is 55.9 Å². The molecule has 3 heterocycles. The molecule has 1 aliphatic heterocycles. The minimum atomic E-state index is -0.936. The third-order valence-corrected chi connectivity index (χ3v) is 7.09. The minimum absolute atomic E-state index is 0.114. The molecule has 0 spiro atoms. The fourth-order valence-electron chi connectivity index (χ4n) is 3.53. The first kappa shape index (κ1) is 23.2. The number of anilines is 1. The van der Waals surface area contributed by atoms with E-state index in [1.54, 1.807) is 11.8 Å². The molecule has 1 aromatic carbocycles. The van der Waals surface area contributed by atoms with Crippen molar-refractivity contribution in [1.82, 2.24) is 9.88 Å². The van der Waals surface area contributed by atoms with Crippen LogP contribution >= 0.6 is 22.7 Å².